The summed E-state index contributed by atoms with van der Waals surface area (Å²) in [5.41, 5.74) is 2.88. The van der Waals surface area contributed by atoms with Crippen molar-refractivity contribution in [2.24, 2.45) is 0 Å². The van der Waals surface area contributed by atoms with Crippen molar-refractivity contribution in [1.82, 2.24) is 0 Å². The molecular formula is C10H10S. The predicted octanol–water partition coefficient (Wildman–Crippen LogP) is 2.63. The molecule has 0 unspecified atom stereocenters. The van der Waals surface area contributed by atoms with Gasteiger partial charge in [-0.25, -0.2) is 0 Å². The summed E-state index contributed by atoms with van der Waals surface area (Å²) in [4.78, 5) is 1.07. The number of fused-ring (bicyclic) bond motifs is 1. The van der Waals surface area contributed by atoms with Gasteiger partial charge in [0.15, 0.2) is 0 Å². The van der Waals surface area contributed by atoms with Crippen LogP contribution in [0.2, 0.25) is 0 Å². The van der Waals surface area contributed by atoms with Crippen LogP contribution in [0.5, 0.6) is 0 Å². The molecule has 1 aromatic carbocycles. The van der Waals surface area contributed by atoms with Gasteiger partial charge >= 0.3 is 0 Å². The highest BCUT2D eigenvalue weighted by Gasteiger charge is 2.03. The van der Waals surface area contributed by atoms with E-state index in [1.54, 1.807) is 0 Å². The van der Waals surface area contributed by atoms with Gasteiger partial charge in [0.1, 0.15) is 0 Å². The second kappa shape index (κ2) is 2.74. The van der Waals surface area contributed by atoms with Crippen molar-refractivity contribution in [2.45, 2.75) is 17.7 Å². The first-order valence-corrected chi connectivity index (χ1v) is 4.27. The van der Waals surface area contributed by atoms with Crippen molar-refractivity contribution in [3.05, 3.63) is 41.5 Å². The van der Waals surface area contributed by atoms with Crippen LogP contribution in [0.1, 0.15) is 11.1 Å². The van der Waals surface area contributed by atoms with Gasteiger partial charge in [-0.3, -0.25) is 0 Å². The van der Waals surface area contributed by atoms with E-state index in [2.05, 4.69) is 43.0 Å². The monoisotopic (exact) mass is 162 g/mol. The molecule has 0 saturated heterocycles. The fraction of sp³-hybridized carbons (Fsp3) is 0.200. The van der Waals surface area contributed by atoms with E-state index in [0.717, 1.165) is 17.7 Å². The summed E-state index contributed by atoms with van der Waals surface area (Å²) in [5.74, 6) is 0. The first kappa shape index (κ1) is 6.99. The minimum atomic E-state index is 1.07. The van der Waals surface area contributed by atoms with Crippen LogP contribution in [0, 0.1) is 0 Å². The summed E-state index contributed by atoms with van der Waals surface area (Å²) < 4.78 is 0. The zero-order valence-electron chi connectivity index (χ0n) is 6.25. The molecule has 0 bridgehead atoms. The smallest absolute Gasteiger partial charge is 0.00430 e. The second-order valence-electron chi connectivity index (χ2n) is 2.83. The third-order valence-corrected chi connectivity index (χ3v) is 2.31. The molecule has 1 aliphatic carbocycles. The lowest BCUT2D eigenvalue weighted by molar-refractivity contribution is 1.08. The maximum Gasteiger partial charge on any atom is 0.00430 e. The Bertz CT molecular complexity index is 300. The Balaban J connectivity index is 2.48. The van der Waals surface area contributed by atoms with Crippen LogP contribution in [-0.4, -0.2) is 0 Å². The molecule has 0 saturated carbocycles. The van der Waals surface area contributed by atoms with E-state index >= 15 is 0 Å². The average molecular weight is 162 g/mol. The fourth-order valence-corrected chi connectivity index (χ4v) is 1.65. The van der Waals surface area contributed by atoms with Gasteiger partial charge in [0.05, 0.1) is 0 Å². The molecule has 0 nitrogen and oxygen atoms in total. The third-order valence-electron chi connectivity index (χ3n) is 2.03. The quantitative estimate of drug-likeness (QED) is 0.440. The lowest BCUT2D eigenvalue weighted by Crippen LogP contribution is -1.96. The molecule has 56 valence electrons. The zero-order valence-corrected chi connectivity index (χ0v) is 7.14. The first-order valence-electron chi connectivity index (χ1n) is 3.82. The van der Waals surface area contributed by atoms with Gasteiger partial charge in [0, 0.05) is 4.90 Å². The van der Waals surface area contributed by atoms with Crippen LogP contribution in [0.15, 0.2) is 35.2 Å². The zero-order chi connectivity index (χ0) is 7.68. The van der Waals surface area contributed by atoms with Crippen LogP contribution < -0.4 is 0 Å². The van der Waals surface area contributed by atoms with E-state index in [9.17, 15) is 0 Å². The molecule has 0 fully saturated rings. The summed E-state index contributed by atoms with van der Waals surface area (Å²) in [7, 11) is 0. The van der Waals surface area contributed by atoms with Gasteiger partial charge in [-0.2, -0.15) is 0 Å². The van der Waals surface area contributed by atoms with Crippen molar-refractivity contribution in [3.63, 3.8) is 0 Å². The lowest BCUT2D eigenvalue weighted by atomic mass is 9.97. The van der Waals surface area contributed by atoms with Crippen molar-refractivity contribution >= 4 is 12.6 Å². The highest BCUT2D eigenvalue weighted by atomic mass is 32.1. The van der Waals surface area contributed by atoms with Crippen molar-refractivity contribution in [1.29, 1.82) is 0 Å². The van der Waals surface area contributed by atoms with Gasteiger partial charge in [-0.05, 0) is 36.1 Å². The third kappa shape index (κ3) is 1.33. The molecule has 0 aromatic heterocycles. The molecule has 0 amide bonds. The Morgan fingerprint density at radius 3 is 2.55 bits per heavy atom. The van der Waals surface area contributed by atoms with Crippen molar-refractivity contribution < 1.29 is 0 Å². The predicted molar refractivity (Wildman–Crippen MR) is 50.2 cm³/mol. The summed E-state index contributed by atoms with van der Waals surface area (Å²) in [6.07, 6.45) is 6.60. The van der Waals surface area contributed by atoms with Crippen molar-refractivity contribution in [3.8, 4) is 0 Å². The summed E-state index contributed by atoms with van der Waals surface area (Å²) in [6, 6.07) is 6.38. The summed E-state index contributed by atoms with van der Waals surface area (Å²) >= 11 is 4.29. The highest BCUT2D eigenvalue weighted by Crippen LogP contribution is 2.19. The molecule has 0 aliphatic heterocycles. The molecule has 11 heavy (non-hydrogen) atoms. The van der Waals surface area contributed by atoms with E-state index in [1.807, 2.05) is 0 Å². The maximum absolute atomic E-state index is 4.29. The molecule has 1 aliphatic rings. The minimum absolute atomic E-state index is 1.07. The molecule has 1 heteroatoms. The molecule has 2 rings (SSSR count). The van der Waals surface area contributed by atoms with Gasteiger partial charge in [0.25, 0.3) is 0 Å². The average Bonchev–Trinajstić information content (AvgIpc) is 2.04. The molecule has 0 heterocycles. The molecule has 0 radical (unpaired) electrons. The largest absolute Gasteiger partial charge is 0.143 e. The van der Waals surface area contributed by atoms with E-state index in [1.165, 1.54) is 11.1 Å². The van der Waals surface area contributed by atoms with Crippen LogP contribution in [0.25, 0.3) is 0 Å². The van der Waals surface area contributed by atoms with Crippen LogP contribution in [-0.2, 0) is 12.8 Å². The normalized spacial score (nSPS) is 14.6. The van der Waals surface area contributed by atoms with E-state index in [-0.39, 0.29) is 0 Å². The molecule has 0 atom stereocenters. The Morgan fingerprint density at radius 1 is 1.00 bits per heavy atom. The van der Waals surface area contributed by atoms with Gasteiger partial charge in [-0.1, -0.05) is 18.2 Å². The first-order chi connectivity index (χ1) is 5.36. The number of allylic oxidation sites excluding steroid dienone is 2. The number of hydrogen-bond donors (Lipinski definition) is 1. The van der Waals surface area contributed by atoms with Crippen LogP contribution >= 0.6 is 12.6 Å². The Kier molecular flexibility index (Phi) is 1.74. The van der Waals surface area contributed by atoms with Crippen molar-refractivity contribution in [2.75, 3.05) is 0 Å². The highest BCUT2D eigenvalue weighted by molar-refractivity contribution is 7.80. The maximum atomic E-state index is 4.29. The van der Waals surface area contributed by atoms with Gasteiger partial charge in [0.2, 0.25) is 0 Å². The van der Waals surface area contributed by atoms with E-state index in [4.69, 9.17) is 0 Å². The van der Waals surface area contributed by atoms with E-state index in [0.29, 0.717) is 0 Å². The Labute approximate surface area is 72.4 Å². The van der Waals surface area contributed by atoms with E-state index < -0.39 is 0 Å². The Hall–Kier alpha value is -0.690. The standard InChI is InChI=1S/C10H10S/c11-10-6-5-8-3-1-2-4-9(8)7-10/h1-2,5-7,11H,3-4H2. The number of hydrogen-bond acceptors (Lipinski definition) is 1. The molecular weight excluding hydrogens is 152 g/mol. The lowest BCUT2D eigenvalue weighted by Gasteiger charge is -2.10. The minimum Gasteiger partial charge on any atom is -0.143 e. The molecule has 0 N–H and O–H groups in total. The summed E-state index contributed by atoms with van der Waals surface area (Å²) in [6.45, 7) is 0. The number of benzene rings is 1. The number of rotatable bonds is 0. The number of thiol groups is 1. The van der Waals surface area contributed by atoms with Crippen LogP contribution in [0.4, 0.5) is 0 Å². The van der Waals surface area contributed by atoms with Crippen LogP contribution in [0.3, 0.4) is 0 Å². The molecule has 0 spiro atoms. The Morgan fingerprint density at radius 2 is 1.73 bits per heavy atom. The SMILES string of the molecule is Sc1ccc2c(c1)CC=CC2. The summed E-state index contributed by atoms with van der Waals surface area (Å²) in [5, 5.41) is 0. The van der Waals surface area contributed by atoms with Gasteiger partial charge < -0.3 is 0 Å². The molecule has 1 aromatic rings. The second-order valence-corrected chi connectivity index (χ2v) is 3.35. The topological polar surface area (TPSA) is 0 Å². The van der Waals surface area contributed by atoms with Gasteiger partial charge in [-0.15, -0.1) is 12.6 Å². The fourth-order valence-electron chi connectivity index (χ4n) is 1.42.